The van der Waals surface area contributed by atoms with E-state index in [4.69, 9.17) is 10.1 Å². The minimum absolute atomic E-state index is 0.173. The van der Waals surface area contributed by atoms with Gasteiger partial charge in [0.25, 0.3) is 0 Å². The molecule has 0 radical (unpaired) electrons. The second-order valence-electron chi connectivity index (χ2n) is 2.71. The summed E-state index contributed by atoms with van der Waals surface area (Å²) in [4.78, 5) is 6.67. The number of azide groups is 1. The molecule has 0 unspecified atom stereocenters. The van der Waals surface area contributed by atoms with E-state index in [9.17, 15) is 0 Å². The van der Waals surface area contributed by atoms with Gasteiger partial charge in [-0.15, -0.1) is 0 Å². The summed E-state index contributed by atoms with van der Waals surface area (Å²) in [6.07, 6.45) is 2.26. The molecule has 1 aliphatic rings. The highest BCUT2D eigenvalue weighted by molar-refractivity contribution is 5.01. The Balaban J connectivity index is 2.07. The summed E-state index contributed by atoms with van der Waals surface area (Å²) >= 11 is 0. The quantitative estimate of drug-likeness (QED) is 0.388. The van der Waals surface area contributed by atoms with Crippen LogP contribution in [0.3, 0.4) is 0 Å². The third kappa shape index (κ3) is 1.38. The Hall–Kier alpha value is -1.55. The Labute approximate surface area is 68.2 Å². The largest absolute Gasteiger partial charge is 0.339 e. The molecule has 0 saturated heterocycles. The molecule has 62 valence electrons. The van der Waals surface area contributed by atoms with Gasteiger partial charge in [0.15, 0.2) is 5.82 Å². The van der Waals surface area contributed by atoms with Crippen LogP contribution in [0.1, 0.15) is 30.5 Å². The normalized spacial score (nSPS) is 15.7. The number of rotatable bonds is 3. The first kappa shape index (κ1) is 7.12. The van der Waals surface area contributed by atoms with E-state index in [2.05, 4.69) is 20.2 Å². The molecule has 6 heteroatoms. The molecule has 1 aromatic rings. The summed E-state index contributed by atoms with van der Waals surface area (Å²) < 4.78 is 4.94. The first-order valence-corrected chi connectivity index (χ1v) is 3.73. The van der Waals surface area contributed by atoms with Crippen LogP contribution >= 0.6 is 0 Å². The molecule has 0 atom stereocenters. The molecule has 6 nitrogen and oxygen atoms in total. The molecular weight excluding hydrogens is 158 g/mol. The predicted molar refractivity (Wildman–Crippen MR) is 39.1 cm³/mol. The Morgan fingerprint density at radius 1 is 1.67 bits per heavy atom. The Kier molecular flexibility index (Phi) is 1.68. The average Bonchev–Trinajstić information content (AvgIpc) is 2.83. The monoisotopic (exact) mass is 165 g/mol. The third-order valence-electron chi connectivity index (χ3n) is 1.69. The van der Waals surface area contributed by atoms with Crippen LogP contribution in [-0.4, -0.2) is 10.1 Å². The molecule has 0 N–H and O–H groups in total. The van der Waals surface area contributed by atoms with Gasteiger partial charge < -0.3 is 4.52 Å². The highest BCUT2D eigenvalue weighted by Gasteiger charge is 2.29. The van der Waals surface area contributed by atoms with Crippen LogP contribution in [0.2, 0.25) is 0 Å². The number of aromatic nitrogens is 2. The molecule has 1 aromatic heterocycles. The lowest BCUT2D eigenvalue weighted by molar-refractivity contribution is 0.374. The minimum Gasteiger partial charge on any atom is -0.339 e. The van der Waals surface area contributed by atoms with Crippen molar-refractivity contribution in [3.8, 4) is 0 Å². The molecule has 12 heavy (non-hydrogen) atoms. The molecule has 0 amide bonds. The molecule has 1 aliphatic carbocycles. The summed E-state index contributed by atoms with van der Waals surface area (Å²) in [7, 11) is 0. The van der Waals surface area contributed by atoms with Crippen molar-refractivity contribution in [2.24, 2.45) is 5.11 Å². The number of hydrogen-bond acceptors (Lipinski definition) is 4. The zero-order chi connectivity index (χ0) is 8.39. The maximum absolute atomic E-state index is 8.03. The fourth-order valence-corrected chi connectivity index (χ4v) is 0.923. The second-order valence-corrected chi connectivity index (χ2v) is 2.71. The molecular formula is C6H7N5O. The van der Waals surface area contributed by atoms with Crippen molar-refractivity contribution in [3.05, 3.63) is 22.2 Å². The molecule has 0 aliphatic heterocycles. The SMILES string of the molecule is [N-]=[N+]=NCc1noc(C2CC2)n1. The van der Waals surface area contributed by atoms with Gasteiger partial charge in [-0.05, 0) is 18.4 Å². The van der Waals surface area contributed by atoms with Gasteiger partial charge in [-0.25, -0.2) is 0 Å². The lowest BCUT2D eigenvalue weighted by Crippen LogP contribution is -1.83. The van der Waals surface area contributed by atoms with Crippen molar-refractivity contribution in [2.45, 2.75) is 25.3 Å². The standard InChI is InChI=1S/C6H7N5O/c7-11-8-3-5-9-6(12-10-5)4-1-2-4/h4H,1-3H2. The summed E-state index contributed by atoms with van der Waals surface area (Å²) in [6, 6.07) is 0. The maximum atomic E-state index is 8.03. The van der Waals surface area contributed by atoms with E-state index in [0.29, 0.717) is 17.6 Å². The van der Waals surface area contributed by atoms with Crippen LogP contribution in [-0.2, 0) is 6.54 Å². The minimum atomic E-state index is 0.173. The van der Waals surface area contributed by atoms with Crippen LogP contribution in [0.5, 0.6) is 0 Å². The van der Waals surface area contributed by atoms with Crippen LogP contribution in [0, 0.1) is 0 Å². The molecule has 0 spiro atoms. The van der Waals surface area contributed by atoms with Crippen LogP contribution < -0.4 is 0 Å². The van der Waals surface area contributed by atoms with Crippen molar-refractivity contribution in [1.82, 2.24) is 10.1 Å². The van der Waals surface area contributed by atoms with Crippen LogP contribution in [0.25, 0.3) is 10.4 Å². The fourth-order valence-electron chi connectivity index (χ4n) is 0.923. The highest BCUT2D eigenvalue weighted by Crippen LogP contribution is 2.38. The van der Waals surface area contributed by atoms with Gasteiger partial charge >= 0.3 is 0 Å². The molecule has 1 fully saturated rings. The Morgan fingerprint density at radius 3 is 3.17 bits per heavy atom. The van der Waals surface area contributed by atoms with Gasteiger partial charge in [-0.3, -0.25) is 0 Å². The zero-order valence-electron chi connectivity index (χ0n) is 6.34. The fraction of sp³-hybridized carbons (Fsp3) is 0.667. The maximum Gasteiger partial charge on any atom is 0.229 e. The van der Waals surface area contributed by atoms with E-state index in [0.717, 1.165) is 12.8 Å². The first-order valence-electron chi connectivity index (χ1n) is 3.73. The number of hydrogen-bond donors (Lipinski definition) is 0. The molecule has 0 bridgehead atoms. The molecule has 2 rings (SSSR count). The highest BCUT2D eigenvalue weighted by atomic mass is 16.5. The van der Waals surface area contributed by atoms with Crippen LogP contribution in [0.4, 0.5) is 0 Å². The van der Waals surface area contributed by atoms with Gasteiger partial charge in [-0.1, -0.05) is 10.3 Å². The van der Waals surface area contributed by atoms with Gasteiger partial charge in [0.05, 0.1) is 6.54 Å². The van der Waals surface area contributed by atoms with E-state index in [1.807, 2.05) is 0 Å². The van der Waals surface area contributed by atoms with Gasteiger partial charge in [0.2, 0.25) is 5.89 Å². The van der Waals surface area contributed by atoms with Gasteiger partial charge in [-0.2, -0.15) is 4.98 Å². The lowest BCUT2D eigenvalue weighted by atomic mass is 10.4. The molecule has 1 saturated carbocycles. The number of nitrogens with zero attached hydrogens (tertiary/aromatic N) is 5. The third-order valence-corrected chi connectivity index (χ3v) is 1.69. The summed E-state index contributed by atoms with van der Waals surface area (Å²) in [6.45, 7) is 0.173. The average molecular weight is 165 g/mol. The Bertz CT molecular complexity index is 322. The van der Waals surface area contributed by atoms with Crippen molar-refractivity contribution in [2.75, 3.05) is 0 Å². The van der Waals surface area contributed by atoms with E-state index in [1.165, 1.54) is 0 Å². The zero-order valence-corrected chi connectivity index (χ0v) is 6.34. The predicted octanol–water partition coefficient (Wildman–Crippen LogP) is 1.76. The van der Waals surface area contributed by atoms with Crippen molar-refractivity contribution >= 4 is 0 Å². The van der Waals surface area contributed by atoms with Crippen molar-refractivity contribution in [3.63, 3.8) is 0 Å². The van der Waals surface area contributed by atoms with E-state index < -0.39 is 0 Å². The summed E-state index contributed by atoms with van der Waals surface area (Å²) in [5.41, 5.74) is 8.03. The molecule has 0 aromatic carbocycles. The second kappa shape index (κ2) is 2.83. The van der Waals surface area contributed by atoms with Crippen molar-refractivity contribution in [1.29, 1.82) is 0 Å². The van der Waals surface area contributed by atoms with Crippen molar-refractivity contribution < 1.29 is 4.52 Å². The van der Waals surface area contributed by atoms with Crippen LogP contribution in [0.15, 0.2) is 9.64 Å². The first-order chi connectivity index (χ1) is 5.90. The van der Waals surface area contributed by atoms with E-state index in [1.54, 1.807) is 0 Å². The molecule has 1 heterocycles. The Morgan fingerprint density at radius 2 is 2.50 bits per heavy atom. The smallest absolute Gasteiger partial charge is 0.229 e. The lowest BCUT2D eigenvalue weighted by Gasteiger charge is -1.80. The van der Waals surface area contributed by atoms with E-state index >= 15 is 0 Å². The van der Waals surface area contributed by atoms with Gasteiger partial charge in [0, 0.05) is 10.8 Å². The topological polar surface area (TPSA) is 87.7 Å². The van der Waals surface area contributed by atoms with Gasteiger partial charge in [0.1, 0.15) is 0 Å². The summed E-state index contributed by atoms with van der Waals surface area (Å²) in [5, 5.41) is 6.99. The summed E-state index contributed by atoms with van der Waals surface area (Å²) in [5.74, 6) is 1.60. The van der Waals surface area contributed by atoms with E-state index in [-0.39, 0.29) is 6.54 Å².